The number of ether oxygens (including phenoxy) is 1. The molecule has 0 fully saturated rings. The van der Waals surface area contributed by atoms with E-state index in [4.69, 9.17) is 22.1 Å². The average Bonchev–Trinajstić information content (AvgIpc) is 2.73. The van der Waals surface area contributed by atoms with Crippen LogP contribution < -0.4 is 10.5 Å². The van der Waals surface area contributed by atoms with Gasteiger partial charge < -0.3 is 10.5 Å². The van der Waals surface area contributed by atoms with Gasteiger partial charge in [-0.25, -0.2) is 0 Å². The van der Waals surface area contributed by atoms with E-state index in [2.05, 4.69) is 0 Å². The quantitative estimate of drug-likeness (QED) is 0.925. The van der Waals surface area contributed by atoms with Crippen LogP contribution in [0.25, 0.3) is 0 Å². The molecule has 2 aromatic rings. The Morgan fingerprint density at radius 2 is 2.06 bits per heavy atom. The monoisotopic (exact) mass is 267 g/mol. The topological polar surface area (TPSA) is 52.3 Å². The van der Waals surface area contributed by atoms with Crippen molar-refractivity contribution in [3.63, 3.8) is 0 Å². The van der Waals surface area contributed by atoms with Gasteiger partial charge in [0.25, 0.3) is 5.91 Å². The van der Waals surface area contributed by atoms with E-state index in [1.807, 2.05) is 12.1 Å². The van der Waals surface area contributed by atoms with Crippen LogP contribution in [-0.4, -0.2) is 5.91 Å². The molecule has 2 N–H and O–H groups in total. The molecule has 5 heteroatoms. The molecule has 0 aliphatic heterocycles. The smallest absolute Gasteiger partial charge is 0.252 e. The Kier molecular flexibility index (Phi) is 3.66. The maximum atomic E-state index is 11.2. The standard InChI is InChI=1S/C12H10ClNO2S/c13-11-6-5-8(17-11)7-16-10-4-2-1-3-9(10)12(14)15/h1-6H,7H2,(H2,14,15). The van der Waals surface area contributed by atoms with Gasteiger partial charge in [0, 0.05) is 4.88 Å². The van der Waals surface area contributed by atoms with Crippen molar-refractivity contribution in [1.82, 2.24) is 0 Å². The van der Waals surface area contributed by atoms with Crippen LogP contribution in [0.5, 0.6) is 5.75 Å². The highest BCUT2D eigenvalue weighted by Crippen LogP contribution is 2.24. The molecule has 1 amide bonds. The van der Waals surface area contributed by atoms with Crippen molar-refractivity contribution in [2.24, 2.45) is 5.73 Å². The van der Waals surface area contributed by atoms with Crippen LogP contribution in [-0.2, 0) is 6.61 Å². The Hall–Kier alpha value is -1.52. The molecule has 0 aliphatic rings. The number of hydrogen-bond donors (Lipinski definition) is 1. The first-order valence-corrected chi connectivity index (χ1v) is 6.12. The molecule has 1 heterocycles. The number of hydrogen-bond acceptors (Lipinski definition) is 3. The molecule has 3 nitrogen and oxygen atoms in total. The Balaban J connectivity index is 2.11. The van der Waals surface area contributed by atoms with Gasteiger partial charge in [-0.15, -0.1) is 11.3 Å². The van der Waals surface area contributed by atoms with Gasteiger partial charge in [0.05, 0.1) is 9.90 Å². The fraction of sp³-hybridized carbons (Fsp3) is 0.0833. The van der Waals surface area contributed by atoms with Crippen molar-refractivity contribution in [2.75, 3.05) is 0 Å². The molecule has 0 saturated carbocycles. The lowest BCUT2D eigenvalue weighted by molar-refractivity contribution is 0.0996. The van der Waals surface area contributed by atoms with Crippen molar-refractivity contribution in [1.29, 1.82) is 0 Å². The second-order valence-electron chi connectivity index (χ2n) is 3.35. The fourth-order valence-electron chi connectivity index (χ4n) is 1.37. The number of halogens is 1. The van der Waals surface area contributed by atoms with Crippen LogP contribution in [0.2, 0.25) is 4.34 Å². The lowest BCUT2D eigenvalue weighted by Crippen LogP contribution is -2.12. The molecule has 0 atom stereocenters. The van der Waals surface area contributed by atoms with E-state index in [0.717, 1.165) is 4.88 Å². The molecule has 0 bridgehead atoms. The zero-order valence-electron chi connectivity index (χ0n) is 8.85. The van der Waals surface area contributed by atoms with Crippen molar-refractivity contribution in [3.05, 3.63) is 51.2 Å². The van der Waals surface area contributed by atoms with Crippen molar-refractivity contribution < 1.29 is 9.53 Å². The summed E-state index contributed by atoms with van der Waals surface area (Å²) >= 11 is 7.26. The van der Waals surface area contributed by atoms with Gasteiger partial charge in [-0.3, -0.25) is 4.79 Å². The molecule has 0 radical (unpaired) electrons. The highest BCUT2D eigenvalue weighted by Gasteiger charge is 2.08. The maximum Gasteiger partial charge on any atom is 0.252 e. The molecule has 0 saturated heterocycles. The predicted molar refractivity (Wildman–Crippen MR) is 68.6 cm³/mol. The number of carbonyl (C=O) groups excluding carboxylic acids is 1. The van der Waals surface area contributed by atoms with Gasteiger partial charge in [-0.2, -0.15) is 0 Å². The Morgan fingerprint density at radius 3 is 2.71 bits per heavy atom. The SMILES string of the molecule is NC(=O)c1ccccc1OCc1ccc(Cl)s1. The molecule has 1 aromatic carbocycles. The highest BCUT2D eigenvalue weighted by atomic mass is 35.5. The van der Waals surface area contributed by atoms with E-state index in [0.29, 0.717) is 22.3 Å². The maximum absolute atomic E-state index is 11.2. The lowest BCUT2D eigenvalue weighted by Gasteiger charge is -2.07. The molecule has 1 aromatic heterocycles. The first-order chi connectivity index (χ1) is 8.16. The third-order valence-electron chi connectivity index (χ3n) is 2.15. The first kappa shape index (κ1) is 12.0. The molecule has 0 aliphatic carbocycles. The van der Waals surface area contributed by atoms with Crippen LogP contribution in [0.3, 0.4) is 0 Å². The minimum Gasteiger partial charge on any atom is -0.487 e. The van der Waals surface area contributed by atoms with Gasteiger partial charge in [-0.05, 0) is 24.3 Å². The zero-order valence-corrected chi connectivity index (χ0v) is 10.4. The number of nitrogens with two attached hydrogens (primary N) is 1. The van der Waals surface area contributed by atoms with Crippen molar-refractivity contribution in [2.45, 2.75) is 6.61 Å². The first-order valence-electron chi connectivity index (χ1n) is 4.92. The van der Waals surface area contributed by atoms with Crippen molar-refractivity contribution >= 4 is 28.8 Å². The Labute approximate surface area is 108 Å². The second kappa shape index (κ2) is 5.21. The molecule has 2 rings (SSSR count). The van der Waals surface area contributed by atoms with E-state index < -0.39 is 5.91 Å². The Bertz CT molecular complexity index is 539. The summed E-state index contributed by atoms with van der Waals surface area (Å²) in [6.45, 7) is 0.377. The number of para-hydroxylation sites is 1. The molecular weight excluding hydrogens is 258 g/mol. The van der Waals surface area contributed by atoms with Crippen molar-refractivity contribution in [3.8, 4) is 5.75 Å². The summed E-state index contributed by atoms with van der Waals surface area (Å²) in [5.41, 5.74) is 5.63. The van der Waals surface area contributed by atoms with E-state index in [1.54, 1.807) is 24.3 Å². The minimum absolute atomic E-state index is 0.377. The fourth-order valence-corrected chi connectivity index (χ4v) is 2.38. The van der Waals surface area contributed by atoms with Gasteiger partial charge in [0.2, 0.25) is 0 Å². The summed E-state index contributed by atoms with van der Waals surface area (Å²) in [5.74, 6) is -0.00525. The third kappa shape index (κ3) is 2.99. The summed E-state index contributed by atoms with van der Waals surface area (Å²) in [6.07, 6.45) is 0. The molecule has 0 unspecified atom stereocenters. The van der Waals surface area contributed by atoms with E-state index in [9.17, 15) is 4.79 Å². The van der Waals surface area contributed by atoms with E-state index >= 15 is 0 Å². The summed E-state index contributed by atoms with van der Waals surface area (Å²) < 4.78 is 6.26. The minimum atomic E-state index is -0.496. The van der Waals surface area contributed by atoms with Crippen LogP contribution in [0.4, 0.5) is 0 Å². The summed E-state index contributed by atoms with van der Waals surface area (Å²) in [6, 6.07) is 10.6. The van der Waals surface area contributed by atoms with Crippen LogP contribution in [0.1, 0.15) is 15.2 Å². The zero-order chi connectivity index (χ0) is 12.3. The van der Waals surface area contributed by atoms with E-state index in [1.165, 1.54) is 11.3 Å². The third-order valence-corrected chi connectivity index (χ3v) is 3.36. The number of carbonyl (C=O) groups is 1. The van der Waals surface area contributed by atoms with Crippen LogP contribution in [0.15, 0.2) is 36.4 Å². The Morgan fingerprint density at radius 1 is 1.29 bits per heavy atom. The predicted octanol–water partition coefficient (Wildman–Crippen LogP) is 3.08. The molecular formula is C12H10ClNO2S. The number of primary amides is 1. The van der Waals surface area contributed by atoms with Gasteiger partial charge in [0.1, 0.15) is 12.4 Å². The van der Waals surface area contributed by atoms with E-state index in [-0.39, 0.29) is 0 Å². The molecule has 17 heavy (non-hydrogen) atoms. The lowest BCUT2D eigenvalue weighted by atomic mass is 10.2. The highest BCUT2D eigenvalue weighted by molar-refractivity contribution is 7.16. The average molecular weight is 268 g/mol. The van der Waals surface area contributed by atoms with Crippen LogP contribution in [0, 0.1) is 0 Å². The van der Waals surface area contributed by atoms with Gasteiger partial charge in [-0.1, -0.05) is 23.7 Å². The summed E-state index contributed by atoms with van der Waals surface area (Å²) in [5, 5.41) is 0. The molecule has 0 spiro atoms. The number of amides is 1. The second-order valence-corrected chi connectivity index (χ2v) is 5.15. The number of benzene rings is 1. The molecule has 88 valence electrons. The van der Waals surface area contributed by atoms with Gasteiger partial charge >= 0.3 is 0 Å². The van der Waals surface area contributed by atoms with Crippen LogP contribution >= 0.6 is 22.9 Å². The largest absolute Gasteiger partial charge is 0.487 e. The normalized spacial score (nSPS) is 10.2. The van der Waals surface area contributed by atoms with Gasteiger partial charge in [0.15, 0.2) is 0 Å². The number of thiophene rings is 1. The number of rotatable bonds is 4. The summed E-state index contributed by atoms with van der Waals surface area (Å²) in [7, 11) is 0. The summed E-state index contributed by atoms with van der Waals surface area (Å²) in [4.78, 5) is 12.2.